The molecule has 0 aliphatic heterocycles. The van der Waals surface area contributed by atoms with Gasteiger partial charge in [-0.25, -0.2) is 0 Å². The van der Waals surface area contributed by atoms with E-state index in [2.05, 4.69) is 25.2 Å². The van der Waals surface area contributed by atoms with Crippen LogP contribution in [0.4, 0.5) is 0 Å². The fourth-order valence-electron chi connectivity index (χ4n) is 5.37. The van der Waals surface area contributed by atoms with E-state index in [4.69, 9.17) is 24.7 Å². The Bertz CT molecular complexity index is 829. The van der Waals surface area contributed by atoms with Gasteiger partial charge in [0.25, 0.3) is 5.91 Å². The number of nitrogens with one attached hydrogen (secondary N) is 1. The molecule has 218 valence electrons. The smallest absolute Gasteiger partial charge is 0.252 e. The first kappa shape index (κ1) is 32.3. The fraction of sp³-hybridized carbons (Fsp3) is 0.767. The first-order chi connectivity index (χ1) is 18.2. The summed E-state index contributed by atoms with van der Waals surface area (Å²) in [5, 5.41) is 13.8. The van der Waals surface area contributed by atoms with E-state index in [1.807, 2.05) is 19.1 Å². The molecule has 0 heterocycles. The Labute approximate surface area is 229 Å². The Morgan fingerprint density at radius 1 is 1.13 bits per heavy atom. The number of hydrogen-bond acceptors (Lipinski definition) is 7. The molecule has 0 unspecified atom stereocenters. The van der Waals surface area contributed by atoms with E-state index in [0.29, 0.717) is 31.3 Å². The van der Waals surface area contributed by atoms with Crippen molar-refractivity contribution in [1.29, 1.82) is 0 Å². The highest BCUT2D eigenvalue weighted by Gasteiger charge is 2.42. The van der Waals surface area contributed by atoms with Gasteiger partial charge in [0.15, 0.2) is 11.5 Å². The van der Waals surface area contributed by atoms with E-state index < -0.39 is 17.7 Å². The number of rotatable bonds is 17. The lowest BCUT2D eigenvalue weighted by Crippen LogP contribution is -2.54. The summed E-state index contributed by atoms with van der Waals surface area (Å²) in [4.78, 5) is 13.1. The number of aliphatic hydroxyl groups excluding tert-OH is 1. The van der Waals surface area contributed by atoms with Crippen LogP contribution in [0.1, 0.15) is 71.3 Å². The van der Waals surface area contributed by atoms with E-state index in [-0.39, 0.29) is 24.3 Å². The van der Waals surface area contributed by atoms with Gasteiger partial charge in [-0.05, 0) is 68.1 Å². The molecular formula is C30H52N2O6. The van der Waals surface area contributed by atoms with Gasteiger partial charge in [-0.15, -0.1) is 0 Å². The summed E-state index contributed by atoms with van der Waals surface area (Å²) >= 11 is 0. The third kappa shape index (κ3) is 9.40. The normalized spacial score (nSPS) is 18.4. The van der Waals surface area contributed by atoms with Crippen molar-refractivity contribution in [3.63, 3.8) is 0 Å². The average molecular weight is 537 g/mol. The molecule has 0 saturated heterocycles. The minimum Gasteiger partial charge on any atom is -0.493 e. The average Bonchev–Trinajstić information content (AvgIpc) is 2.93. The van der Waals surface area contributed by atoms with Gasteiger partial charge in [0, 0.05) is 39.8 Å². The van der Waals surface area contributed by atoms with Gasteiger partial charge in [-0.3, -0.25) is 4.79 Å². The summed E-state index contributed by atoms with van der Waals surface area (Å²) in [7, 11) is 4.91. The van der Waals surface area contributed by atoms with Crippen molar-refractivity contribution < 1.29 is 28.8 Å². The molecule has 0 aromatic heterocycles. The fourth-order valence-corrected chi connectivity index (χ4v) is 5.37. The van der Waals surface area contributed by atoms with E-state index in [0.717, 1.165) is 49.8 Å². The summed E-state index contributed by atoms with van der Waals surface area (Å²) < 4.78 is 22.2. The van der Waals surface area contributed by atoms with Gasteiger partial charge in [0.1, 0.15) is 5.60 Å². The van der Waals surface area contributed by atoms with Crippen LogP contribution in [-0.2, 0) is 20.7 Å². The molecule has 4 atom stereocenters. The Morgan fingerprint density at radius 3 is 2.45 bits per heavy atom. The number of hydrogen-bond donors (Lipinski definition) is 3. The Morgan fingerprint density at radius 2 is 1.84 bits per heavy atom. The summed E-state index contributed by atoms with van der Waals surface area (Å²) in [5.74, 6) is 2.04. The lowest BCUT2D eigenvalue weighted by molar-refractivity contribution is -0.150. The predicted molar refractivity (Wildman–Crippen MR) is 151 cm³/mol. The second-order valence-corrected chi connectivity index (χ2v) is 11.2. The van der Waals surface area contributed by atoms with Crippen LogP contribution in [0.5, 0.6) is 11.5 Å². The number of nitrogens with two attached hydrogens (primary N) is 1. The van der Waals surface area contributed by atoms with Gasteiger partial charge in [0.05, 0.1) is 19.8 Å². The largest absolute Gasteiger partial charge is 0.493 e. The van der Waals surface area contributed by atoms with Crippen LogP contribution in [0.25, 0.3) is 0 Å². The minimum absolute atomic E-state index is 0.110. The number of amides is 1. The molecule has 8 heteroatoms. The maximum Gasteiger partial charge on any atom is 0.252 e. The van der Waals surface area contributed by atoms with Crippen molar-refractivity contribution in [3.05, 3.63) is 23.8 Å². The molecule has 4 N–H and O–H groups in total. The van der Waals surface area contributed by atoms with E-state index >= 15 is 0 Å². The van der Waals surface area contributed by atoms with Crippen molar-refractivity contribution in [2.45, 2.75) is 89.9 Å². The van der Waals surface area contributed by atoms with Crippen molar-refractivity contribution in [3.8, 4) is 11.5 Å². The van der Waals surface area contributed by atoms with Crippen LogP contribution in [-0.4, -0.2) is 69.8 Å². The molecule has 2 rings (SSSR count). The SMILES string of the molecule is COCCCOc1cc(C[C@@H](C[C@H](N)[C@@H](O)CNC(=O)[C@](C)(OC)C2CCCCC2)C(C)C)ccc1OC. The highest BCUT2D eigenvalue weighted by atomic mass is 16.5. The second-order valence-electron chi connectivity index (χ2n) is 11.2. The molecule has 1 fully saturated rings. The first-order valence-corrected chi connectivity index (χ1v) is 14.2. The van der Waals surface area contributed by atoms with Crippen molar-refractivity contribution in [1.82, 2.24) is 5.32 Å². The highest BCUT2D eigenvalue weighted by Crippen LogP contribution is 2.35. The number of ether oxygens (including phenoxy) is 4. The maximum absolute atomic E-state index is 13.1. The molecule has 1 amide bonds. The molecule has 38 heavy (non-hydrogen) atoms. The van der Waals surface area contributed by atoms with E-state index in [1.54, 1.807) is 21.3 Å². The molecule has 1 aliphatic rings. The van der Waals surface area contributed by atoms with E-state index in [1.165, 1.54) is 6.42 Å². The lowest BCUT2D eigenvalue weighted by atomic mass is 9.77. The summed E-state index contributed by atoms with van der Waals surface area (Å²) in [6.07, 6.45) is 6.81. The summed E-state index contributed by atoms with van der Waals surface area (Å²) in [5.41, 5.74) is 6.70. The van der Waals surface area contributed by atoms with Gasteiger partial charge >= 0.3 is 0 Å². The zero-order valence-corrected chi connectivity index (χ0v) is 24.5. The third-order valence-corrected chi connectivity index (χ3v) is 8.22. The van der Waals surface area contributed by atoms with Crippen molar-refractivity contribution in [2.24, 2.45) is 23.5 Å². The predicted octanol–water partition coefficient (Wildman–Crippen LogP) is 4.11. The number of benzene rings is 1. The summed E-state index contributed by atoms with van der Waals surface area (Å²) in [6.45, 7) is 7.51. The Kier molecular flexibility index (Phi) is 13.9. The number of carbonyl (C=O) groups excluding carboxylic acids is 1. The van der Waals surface area contributed by atoms with Gasteiger partial charge in [-0.2, -0.15) is 0 Å². The monoisotopic (exact) mass is 536 g/mol. The van der Waals surface area contributed by atoms with Crippen LogP contribution < -0.4 is 20.5 Å². The zero-order valence-electron chi connectivity index (χ0n) is 24.5. The van der Waals surface area contributed by atoms with Crippen LogP contribution in [0, 0.1) is 17.8 Å². The first-order valence-electron chi connectivity index (χ1n) is 14.2. The van der Waals surface area contributed by atoms with Crippen LogP contribution in [0.3, 0.4) is 0 Å². The quantitative estimate of drug-likeness (QED) is 0.257. The number of aliphatic hydroxyl groups is 1. The van der Waals surface area contributed by atoms with Crippen LogP contribution >= 0.6 is 0 Å². The topological polar surface area (TPSA) is 112 Å². The summed E-state index contributed by atoms with van der Waals surface area (Å²) in [6, 6.07) is 5.55. The molecular weight excluding hydrogens is 484 g/mol. The lowest BCUT2D eigenvalue weighted by Gasteiger charge is -2.37. The Balaban J connectivity index is 1.96. The number of carbonyl (C=O) groups is 1. The molecule has 0 spiro atoms. The molecule has 1 aromatic carbocycles. The second kappa shape index (κ2) is 16.3. The molecule has 8 nitrogen and oxygen atoms in total. The molecule has 0 bridgehead atoms. The van der Waals surface area contributed by atoms with Crippen LogP contribution in [0.15, 0.2) is 18.2 Å². The highest BCUT2D eigenvalue weighted by molar-refractivity contribution is 5.85. The van der Waals surface area contributed by atoms with Gasteiger partial charge in [-0.1, -0.05) is 39.2 Å². The molecule has 0 radical (unpaired) electrons. The molecule has 1 saturated carbocycles. The van der Waals surface area contributed by atoms with Crippen molar-refractivity contribution in [2.75, 3.05) is 41.1 Å². The minimum atomic E-state index is -0.886. The van der Waals surface area contributed by atoms with Gasteiger partial charge < -0.3 is 35.1 Å². The maximum atomic E-state index is 13.1. The standard InChI is InChI=1S/C30H52N2O6/c1-21(2)23(17-22-13-14-27(36-5)28(18-22)38-16-10-15-35-4)19-25(31)26(33)20-32-29(34)30(3,37-6)24-11-8-7-9-12-24/h13-14,18,21,23-26,33H,7-12,15-17,19-20,31H2,1-6H3,(H,32,34)/t23-,25-,26-,30+/m0/s1. The number of methoxy groups -OCH3 is 3. The van der Waals surface area contributed by atoms with E-state index in [9.17, 15) is 9.90 Å². The zero-order chi connectivity index (χ0) is 28.1. The van der Waals surface area contributed by atoms with Crippen molar-refractivity contribution >= 4 is 5.91 Å². The van der Waals surface area contributed by atoms with Gasteiger partial charge in [0.2, 0.25) is 0 Å². The third-order valence-electron chi connectivity index (χ3n) is 8.22. The van der Waals surface area contributed by atoms with Crippen LogP contribution in [0.2, 0.25) is 0 Å². The molecule has 1 aromatic rings. The molecule has 1 aliphatic carbocycles. The Hall–Kier alpha value is -1.87.